The molecule has 1 aliphatic heterocycles. The number of anilines is 1. The van der Waals surface area contributed by atoms with Gasteiger partial charge in [-0.15, -0.1) is 0 Å². The molecule has 1 heterocycles. The number of rotatable bonds is 3. The molecule has 0 saturated carbocycles. The first-order valence-corrected chi connectivity index (χ1v) is 6.74. The molecule has 0 unspecified atom stereocenters. The van der Waals surface area contributed by atoms with Gasteiger partial charge in [-0.2, -0.15) is 0 Å². The lowest BCUT2D eigenvalue weighted by atomic mass is 10.3. The molecule has 108 valence electrons. The van der Waals surface area contributed by atoms with Crippen LogP contribution in [0.3, 0.4) is 0 Å². The average molecular weight is 277 g/mol. The van der Waals surface area contributed by atoms with Crippen molar-refractivity contribution in [2.75, 3.05) is 38.1 Å². The van der Waals surface area contributed by atoms with Gasteiger partial charge in [0.15, 0.2) is 0 Å². The molecule has 1 fully saturated rings. The van der Waals surface area contributed by atoms with E-state index in [1.807, 2.05) is 6.92 Å². The van der Waals surface area contributed by atoms with E-state index >= 15 is 0 Å². The number of amides is 2. The first kappa shape index (κ1) is 14.3. The fourth-order valence-electron chi connectivity index (χ4n) is 2.00. The second-order valence-corrected chi connectivity index (χ2v) is 4.45. The van der Waals surface area contributed by atoms with Gasteiger partial charge in [0.1, 0.15) is 5.75 Å². The number of hydrogen-bond acceptors (Lipinski definition) is 4. The highest BCUT2D eigenvalue weighted by Crippen LogP contribution is 2.15. The van der Waals surface area contributed by atoms with Gasteiger partial charge in [-0.3, -0.25) is 9.59 Å². The lowest BCUT2D eigenvalue weighted by molar-refractivity contribution is -0.143. The third-order valence-corrected chi connectivity index (χ3v) is 3.02. The lowest BCUT2D eigenvalue weighted by Crippen LogP contribution is -2.49. The number of hydrogen-bond donors (Lipinski definition) is 2. The molecule has 0 aromatic heterocycles. The summed E-state index contributed by atoms with van der Waals surface area (Å²) in [7, 11) is 0. The Balaban J connectivity index is 1.91. The zero-order valence-electron chi connectivity index (χ0n) is 11.5. The Bertz CT molecular complexity index is 467. The number of benzene rings is 1. The molecule has 1 aromatic carbocycles. The van der Waals surface area contributed by atoms with Crippen molar-refractivity contribution in [2.24, 2.45) is 0 Å². The van der Waals surface area contributed by atoms with Crippen molar-refractivity contribution < 1.29 is 14.3 Å². The summed E-state index contributed by atoms with van der Waals surface area (Å²) >= 11 is 0. The summed E-state index contributed by atoms with van der Waals surface area (Å²) in [4.78, 5) is 25.4. The van der Waals surface area contributed by atoms with Gasteiger partial charge in [-0.25, -0.2) is 0 Å². The highest BCUT2D eigenvalue weighted by Gasteiger charge is 2.23. The predicted octanol–water partition coefficient (Wildman–Crippen LogP) is 0.456. The van der Waals surface area contributed by atoms with Gasteiger partial charge < -0.3 is 20.3 Å². The van der Waals surface area contributed by atoms with Crippen LogP contribution in [0.4, 0.5) is 5.69 Å². The van der Waals surface area contributed by atoms with E-state index < -0.39 is 11.8 Å². The third-order valence-electron chi connectivity index (χ3n) is 3.02. The Hall–Kier alpha value is -2.08. The van der Waals surface area contributed by atoms with E-state index in [0.29, 0.717) is 25.4 Å². The highest BCUT2D eigenvalue weighted by atomic mass is 16.5. The molecule has 1 saturated heterocycles. The van der Waals surface area contributed by atoms with E-state index in [2.05, 4.69) is 10.6 Å². The van der Waals surface area contributed by atoms with Gasteiger partial charge in [0.25, 0.3) is 0 Å². The van der Waals surface area contributed by atoms with Crippen LogP contribution < -0.4 is 15.4 Å². The second-order valence-electron chi connectivity index (χ2n) is 4.45. The minimum Gasteiger partial charge on any atom is -0.494 e. The zero-order chi connectivity index (χ0) is 14.4. The molecule has 1 aliphatic rings. The van der Waals surface area contributed by atoms with Crippen molar-refractivity contribution in [1.29, 1.82) is 0 Å². The van der Waals surface area contributed by atoms with E-state index in [9.17, 15) is 9.59 Å². The maximum atomic E-state index is 11.9. The topological polar surface area (TPSA) is 70.7 Å². The number of piperazine rings is 1. The minimum atomic E-state index is -0.601. The van der Waals surface area contributed by atoms with Crippen molar-refractivity contribution in [2.45, 2.75) is 6.92 Å². The van der Waals surface area contributed by atoms with Gasteiger partial charge in [0.2, 0.25) is 0 Å². The Labute approximate surface area is 118 Å². The fraction of sp³-hybridized carbons (Fsp3) is 0.429. The Kier molecular flexibility index (Phi) is 4.95. The van der Waals surface area contributed by atoms with Crippen LogP contribution in [0, 0.1) is 0 Å². The van der Waals surface area contributed by atoms with Crippen molar-refractivity contribution in [3.8, 4) is 5.75 Å². The second kappa shape index (κ2) is 6.91. The van der Waals surface area contributed by atoms with Crippen LogP contribution >= 0.6 is 0 Å². The normalized spacial score (nSPS) is 14.8. The largest absolute Gasteiger partial charge is 0.494 e. The molecule has 0 radical (unpaired) electrons. The Morgan fingerprint density at radius 2 is 1.90 bits per heavy atom. The first-order valence-electron chi connectivity index (χ1n) is 6.74. The highest BCUT2D eigenvalue weighted by molar-refractivity contribution is 6.39. The number of carbonyl (C=O) groups excluding carboxylic acids is 2. The van der Waals surface area contributed by atoms with Crippen LogP contribution in [0.2, 0.25) is 0 Å². The molecule has 1 aromatic rings. The van der Waals surface area contributed by atoms with Crippen LogP contribution in [0.25, 0.3) is 0 Å². The quantitative estimate of drug-likeness (QED) is 0.787. The Morgan fingerprint density at radius 1 is 1.25 bits per heavy atom. The summed E-state index contributed by atoms with van der Waals surface area (Å²) in [6, 6.07) is 6.95. The van der Waals surface area contributed by atoms with Crippen LogP contribution in [0.15, 0.2) is 24.3 Å². The molecule has 0 bridgehead atoms. The molecule has 2 N–H and O–H groups in total. The van der Waals surface area contributed by atoms with Crippen LogP contribution in [0.1, 0.15) is 6.92 Å². The molecule has 20 heavy (non-hydrogen) atoms. The predicted molar refractivity (Wildman–Crippen MR) is 75.7 cm³/mol. The maximum absolute atomic E-state index is 11.9. The van der Waals surface area contributed by atoms with E-state index in [1.165, 1.54) is 0 Å². The average Bonchev–Trinajstić information content (AvgIpc) is 2.49. The van der Waals surface area contributed by atoms with Gasteiger partial charge in [0.05, 0.1) is 6.61 Å². The lowest BCUT2D eigenvalue weighted by Gasteiger charge is -2.26. The van der Waals surface area contributed by atoms with E-state index in [-0.39, 0.29) is 0 Å². The van der Waals surface area contributed by atoms with Crippen LogP contribution in [0.5, 0.6) is 5.75 Å². The van der Waals surface area contributed by atoms with Crippen molar-refractivity contribution in [1.82, 2.24) is 10.2 Å². The summed E-state index contributed by atoms with van der Waals surface area (Å²) in [5, 5.41) is 5.74. The number of carbonyl (C=O) groups is 2. The molecule has 2 rings (SSSR count). The minimum absolute atomic E-state index is 0.486. The van der Waals surface area contributed by atoms with Crippen LogP contribution in [-0.4, -0.2) is 49.5 Å². The maximum Gasteiger partial charge on any atom is 0.313 e. The summed E-state index contributed by atoms with van der Waals surface area (Å²) in [6.07, 6.45) is 0. The van der Waals surface area contributed by atoms with Crippen molar-refractivity contribution >= 4 is 17.5 Å². The molecule has 0 aliphatic carbocycles. The third kappa shape index (κ3) is 3.71. The molecule has 0 spiro atoms. The van der Waals surface area contributed by atoms with E-state index in [0.717, 1.165) is 18.8 Å². The van der Waals surface area contributed by atoms with Crippen molar-refractivity contribution in [3.63, 3.8) is 0 Å². The van der Waals surface area contributed by atoms with Crippen LogP contribution in [-0.2, 0) is 9.59 Å². The van der Waals surface area contributed by atoms with Crippen molar-refractivity contribution in [3.05, 3.63) is 24.3 Å². The number of nitrogens with zero attached hydrogens (tertiary/aromatic N) is 1. The molecular formula is C14H19N3O3. The van der Waals surface area contributed by atoms with Gasteiger partial charge in [0, 0.05) is 31.9 Å². The number of ether oxygens (including phenoxy) is 1. The molecule has 6 heteroatoms. The summed E-state index contributed by atoms with van der Waals surface area (Å²) in [5.74, 6) is -0.352. The zero-order valence-corrected chi connectivity index (χ0v) is 11.5. The fourth-order valence-corrected chi connectivity index (χ4v) is 2.00. The van der Waals surface area contributed by atoms with Gasteiger partial charge in [-0.05, 0) is 31.2 Å². The molecule has 0 atom stereocenters. The van der Waals surface area contributed by atoms with E-state index in [4.69, 9.17) is 4.74 Å². The SMILES string of the molecule is CCOc1ccc(NC(=O)C(=O)N2CCNCC2)cc1. The molecule has 6 nitrogen and oxygen atoms in total. The smallest absolute Gasteiger partial charge is 0.313 e. The summed E-state index contributed by atoms with van der Waals surface area (Å²) < 4.78 is 5.31. The van der Waals surface area contributed by atoms with Gasteiger partial charge >= 0.3 is 11.8 Å². The first-order chi connectivity index (χ1) is 9.70. The number of nitrogens with one attached hydrogen (secondary N) is 2. The summed E-state index contributed by atoms with van der Waals surface area (Å²) in [5.41, 5.74) is 0.585. The summed E-state index contributed by atoms with van der Waals surface area (Å²) in [6.45, 7) is 5.07. The molecular weight excluding hydrogens is 258 g/mol. The van der Waals surface area contributed by atoms with Gasteiger partial charge in [-0.1, -0.05) is 0 Å². The monoisotopic (exact) mass is 277 g/mol. The molecule has 2 amide bonds. The van der Waals surface area contributed by atoms with E-state index in [1.54, 1.807) is 29.2 Å². The Morgan fingerprint density at radius 3 is 2.50 bits per heavy atom. The standard InChI is InChI=1S/C14H19N3O3/c1-2-20-12-5-3-11(4-6-12)16-13(18)14(19)17-9-7-15-8-10-17/h3-6,15H,2,7-10H2,1H3,(H,16,18).